The first-order valence-electron chi connectivity index (χ1n) is 3.93. The van der Waals surface area contributed by atoms with Gasteiger partial charge in [-0.15, -0.1) is 0 Å². The minimum Gasteiger partial charge on any atom is -0.384 e. The Hall–Kier alpha value is -1.55. The molecule has 0 saturated heterocycles. The second-order valence-corrected chi connectivity index (χ2v) is 3.23. The summed E-state index contributed by atoms with van der Waals surface area (Å²) in [6.07, 6.45) is 1.57. The van der Waals surface area contributed by atoms with Gasteiger partial charge in [-0.2, -0.15) is 5.10 Å². The third-order valence-corrected chi connectivity index (χ3v) is 2.19. The highest BCUT2D eigenvalue weighted by atomic mass is 35.5. The van der Waals surface area contributed by atoms with Gasteiger partial charge in [0.15, 0.2) is 0 Å². The fourth-order valence-electron chi connectivity index (χ4n) is 1.19. The van der Waals surface area contributed by atoms with Crippen LogP contribution in [-0.4, -0.2) is 10.2 Å². The molecule has 0 saturated carbocycles. The fourth-order valence-corrected chi connectivity index (χ4v) is 1.37. The molecule has 3 N–H and O–H groups in total. The average Bonchev–Trinajstić information content (AvgIpc) is 2.57. The van der Waals surface area contributed by atoms with Crippen molar-refractivity contribution in [1.82, 2.24) is 10.2 Å². The second kappa shape index (κ2) is 3.31. The van der Waals surface area contributed by atoms with Crippen LogP contribution in [0.15, 0.2) is 24.4 Å². The molecular weight excluding hydrogens is 205 g/mol. The van der Waals surface area contributed by atoms with Gasteiger partial charge in [-0.25, -0.2) is 4.39 Å². The Balaban J connectivity index is 2.53. The largest absolute Gasteiger partial charge is 0.384 e. The number of benzene rings is 1. The molecule has 2 rings (SSSR count). The summed E-state index contributed by atoms with van der Waals surface area (Å²) in [7, 11) is 0. The molecular formula is C9H7ClFN3. The van der Waals surface area contributed by atoms with Gasteiger partial charge in [-0.3, -0.25) is 5.10 Å². The zero-order valence-corrected chi connectivity index (χ0v) is 7.85. The molecule has 0 spiro atoms. The van der Waals surface area contributed by atoms with Gasteiger partial charge >= 0.3 is 0 Å². The van der Waals surface area contributed by atoms with E-state index in [1.807, 2.05) is 0 Å². The minimum atomic E-state index is -0.447. The van der Waals surface area contributed by atoms with Crippen LogP contribution >= 0.6 is 11.6 Å². The summed E-state index contributed by atoms with van der Waals surface area (Å²) >= 11 is 5.64. The number of nitrogens with zero attached hydrogens (tertiary/aromatic N) is 1. The lowest BCUT2D eigenvalue weighted by atomic mass is 10.1. The topological polar surface area (TPSA) is 54.7 Å². The lowest BCUT2D eigenvalue weighted by Gasteiger charge is -2.00. The Kier molecular flexibility index (Phi) is 2.13. The molecule has 0 aliphatic rings. The highest BCUT2D eigenvalue weighted by molar-refractivity contribution is 6.31. The smallest absolute Gasteiger partial charge is 0.141 e. The molecule has 0 atom stereocenters. The van der Waals surface area contributed by atoms with E-state index in [1.54, 1.807) is 12.3 Å². The first-order valence-corrected chi connectivity index (χ1v) is 4.30. The summed E-state index contributed by atoms with van der Waals surface area (Å²) in [5.74, 6) is -0.00911. The predicted octanol–water partition coefficient (Wildman–Crippen LogP) is 2.45. The van der Waals surface area contributed by atoms with Crippen molar-refractivity contribution >= 4 is 17.4 Å². The maximum atomic E-state index is 12.9. The molecule has 0 bridgehead atoms. The summed E-state index contributed by atoms with van der Waals surface area (Å²) in [4.78, 5) is 0. The normalized spacial score (nSPS) is 10.4. The van der Waals surface area contributed by atoms with Crippen LogP contribution < -0.4 is 5.73 Å². The van der Waals surface area contributed by atoms with Gasteiger partial charge in [0.25, 0.3) is 0 Å². The molecule has 0 amide bonds. The van der Waals surface area contributed by atoms with E-state index in [0.717, 1.165) is 5.56 Å². The van der Waals surface area contributed by atoms with E-state index in [1.165, 1.54) is 12.1 Å². The Labute approximate surface area is 84.7 Å². The Morgan fingerprint density at radius 3 is 2.79 bits per heavy atom. The van der Waals surface area contributed by atoms with Crippen molar-refractivity contribution in [2.24, 2.45) is 0 Å². The Bertz CT molecular complexity index is 467. The van der Waals surface area contributed by atoms with Crippen molar-refractivity contribution < 1.29 is 4.39 Å². The number of nitrogen functional groups attached to an aromatic ring is 1. The maximum absolute atomic E-state index is 12.9. The van der Waals surface area contributed by atoms with E-state index < -0.39 is 5.82 Å². The van der Waals surface area contributed by atoms with E-state index in [-0.39, 0.29) is 5.02 Å². The molecule has 14 heavy (non-hydrogen) atoms. The van der Waals surface area contributed by atoms with Crippen LogP contribution in [0.1, 0.15) is 0 Å². The van der Waals surface area contributed by atoms with Crippen LogP contribution in [0.5, 0.6) is 0 Å². The third kappa shape index (κ3) is 1.44. The number of nitrogens with two attached hydrogens (primary N) is 1. The number of H-pyrrole nitrogens is 1. The fraction of sp³-hybridized carbons (Fsp3) is 0. The molecule has 0 unspecified atom stereocenters. The summed E-state index contributed by atoms with van der Waals surface area (Å²) in [6.45, 7) is 0. The van der Waals surface area contributed by atoms with Gasteiger partial charge < -0.3 is 5.73 Å². The van der Waals surface area contributed by atoms with E-state index in [2.05, 4.69) is 10.2 Å². The Morgan fingerprint density at radius 1 is 1.43 bits per heavy atom. The van der Waals surface area contributed by atoms with Crippen molar-refractivity contribution in [2.45, 2.75) is 0 Å². The summed E-state index contributed by atoms with van der Waals surface area (Å²) in [5, 5.41) is 6.43. The molecule has 5 heteroatoms. The molecule has 0 radical (unpaired) electrons. The average molecular weight is 212 g/mol. The number of nitrogens with one attached hydrogen (secondary N) is 1. The SMILES string of the molecule is Nc1[nH]ncc1-c1ccc(F)c(Cl)c1. The molecule has 3 nitrogen and oxygen atoms in total. The molecule has 2 aromatic rings. The molecule has 72 valence electrons. The van der Waals surface area contributed by atoms with Crippen molar-refractivity contribution in [3.8, 4) is 11.1 Å². The van der Waals surface area contributed by atoms with Crippen molar-refractivity contribution in [3.63, 3.8) is 0 Å². The number of hydrogen-bond donors (Lipinski definition) is 2. The molecule has 1 aromatic carbocycles. The van der Waals surface area contributed by atoms with Gasteiger partial charge in [0.2, 0.25) is 0 Å². The lowest BCUT2D eigenvalue weighted by molar-refractivity contribution is 0.628. The van der Waals surface area contributed by atoms with Crippen molar-refractivity contribution in [1.29, 1.82) is 0 Å². The van der Waals surface area contributed by atoms with E-state index >= 15 is 0 Å². The molecule has 1 aromatic heterocycles. The van der Waals surface area contributed by atoms with Crippen molar-refractivity contribution in [3.05, 3.63) is 35.2 Å². The van der Waals surface area contributed by atoms with E-state index in [4.69, 9.17) is 17.3 Å². The number of aromatic amines is 1. The van der Waals surface area contributed by atoms with E-state index in [9.17, 15) is 4.39 Å². The number of hydrogen-bond acceptors (Lipinski definition) is 2. The van der Waals surface area contributed by atoms with Gasteiger partial charge in [0.05, 0.1) is 11.2 Å². The van der Waals surface area contributed by atoms with Gasteiger partial charge in [-0.05, 0) is 17.7 Å². The first kappa shape index (κ1) is 9.02. The minimum absolute atomic E-state index is 0.0723. The van der Waals surface area contributed by atoms with Crippen molar-refractivity contribution in [2.75, 3.05) is 5.73 Å². The summed E-state index contributed by atoms with van der Waals surface area (Å²) < 4.78 is 12.9. The van der Waals surface area contributed by atoms with Crippen LogP contribution in [0.25, 0.3) is 11.1 Å². The zero-order chi connectivity index (χ0) is 10.1. The van der Waals surface area contributed by atoms with Crippen LogP contribution in [0, 0.1) is 5.82 Å². The second-order valence-electron chi connectivity index (χ2n) is 2.83. The number of halogens is 2. The van der Waals surface area contributed by atoms with Crippen LogP contribution in [0.2, 0.25) is 5.02 Å². The lowest BCUT2D eigenvalue weighted by Crippen LogP contribution is -1.88. The molecule has 0 aliphatic heterocycles. The number of rotatable bonds is 1. The number of aromatic nitrogens is 2. The molecule has 0 fully saturated rings. The zero-order valence-electron chi connectivity index (χ0n) is 7.09. The monoisotopic (exact) mass is 211 g/mol. The highest BCUT2D eigenvalue weighted by Gasteiger charge is 2.06. The summed E-state index contributed by atoms with van der Waals surface area (Å²) in [5.41, 5.74) is 7.06. The third-order valence-electron chi connectivity index (χ3n) is 1.90. The maximum Gasteiger partial charge on any atom is 0.141 e. The predicted molar refractivity (Wildman–Crippen MR) is 53.4 cm³/mol. The van der Waals surface area contributed by atoms with Gasteiger partial charge in [-0.1, -0.05) is 17.7 Å². The molecule has 0 aliphatic carbocycles. The Morgan fingerprint density at radius 2 is 2.21 bits per heavy atom. The highest BCUT2D eigenvalue weighted by Crippen LogP contribution is 2.27. The van der Waals surface area contributed by atoms with Gasteiger partial charge in [0.1, 0.15) is 11.6 Å². The van der Waals surface area contributed by atoms with Crippen LogP contribution in [0.4, 0.5) is 10.2 Å². The standard InChI is InChI=1S/C9H7ClFN3/c10-7-3-5(1-2-8(7)11)6-4-13-14-9(6)12/h1-4H,(H3,12,13,14). The van der Waals surface area contributed by atoms with E-state index in [0.29, 0.717) is 11.4 Å². The summed E-state index contributed by atoms with van der Waals surface area (Å²) in [6, 6.07) is 4.41. The van der Waals surface area contributed by atoms with Crippen LogP contribution in [0.3, 0.4) is 0 Å². The first-order chi connectivity index (χ1) is 6.68. The van der Waals surface area contributed by atoms with Gasteiger partial charge in [0, 0.05) is 5.56 Å². The number of anilines is 1. The molecule has 1 heterocycles. The quantitative estimate of drug-likeness (QED) is 0.761. The van der Waals surface area contributed by atoms with Crippen LogP contribution in [-0.2, 0) is 0 Å².